The quantitative estimate of drug-likeness (QED) is 0.0498. The van der Waals surface area contributed by atoms with E-state index in [0.29, 0.717) is 13.2 Å². The zero-order chi connectivity index (χ0) is 39.7. The number of aliphatic hydroxyl groups excluding tert-OH is 2. The van der Waals surface area contributed by atoms with E-state index in [2.05, 4.69) is 13.8 Å². The number of unbranched alkanes of at least 4 members (excludes halogenated alkanes) is 29. The number of alkyl halides is 1. The number of carbonyl (C=O) groups is 1. The SMILES string of the molecule is CCCCCCCCCCCCCCCCCC1OCC2OC(OCC)C(O)C(O)C2O1.CCCCCCCCCCCCCCCCCC=O.[2H]CF. The molecular weight excluding hydrogens is 671 g/mol. The molecular formula is C45H89FO7. The van der Waals surface area contributed by atoms with Gasteiger partial charge in [0.1, 0.15) is 30.7 Å². The van der Waals surface area contributed by atoms with E-state index < -0.39 is 37.9 Å². The summed E-state index contributed by atoms with van der Waals surface area (Å²) in [5.41, 5.74) is 0. The molecule has 2 saturated heterocycles. The summed E-state index contributed by atoms with van der Waals surface area (Å²) in [5.74, 6) is 0. The molecule has 8 heteroatoms. The van der Waals surface area contributed by atoms with E-state index in [1.807, 2.05) is 6.92 Å². The maximum Gasteiger partial charge on any atom is 0.186 e. The van der Waals surface area contributed by atoms with Gasteiger partial charge in [-0.05, 0) is 26.2 Å². The van der Waals surface area contributed by atoms with Gasteiger partial charge in [0.2, 0.25) is 0 Å². The van der Waals surface area contributed by atoms with Gasteiger partial charge in [-0.25, -0.2) is 0 Å². The largest absolute Gasteiger partial charge is 0.387 e. The van der Waals surface area contributed by atoms with Crippen LogP contribution in [0.3, 0.4) is 0 Å². The van der Waals surface area contributed by atoms with Gasteiger partial charge in [0, 0.05) is 13.0 Å². The Labute approximate surface area is 329 Å². The smallest absolute Gasteiger partial charge is 0.186 e. The van der Waals surface area contributed by atoms with Gasteiger partial charge in [0.25, 0.3) is 0 Å². The van der Waals surface area contributed by atoms with Gasteiger partial charge in [-0.15, -0.1) is 0 Å². The van der Waals surface area contributed by atoms with E-state index in [1.54, 1.807) is 0 Å². The number of aliphatic hydroxyl groups is 2. The molecule has 0 amide bonds. The number of hydrogen-bond donors (Lipinski definition) is 2. The molecule has 0 aromatic rings. The number of fused-ring (bicyclic) bond motifs is 1. The van der Waals surface area contributed by atoms with Crippen molar-refractivity contribution >= 4 is 6.29 Å². The molecule has 53 heavy (non-hydrogen) atoms. The van der Waals surface area contributed by atoms with Crippen LogP contribution in [-0.4, -0.2) is 73.9 Å². The van der Waals surface area contributed by atoms with Crippen LogP contribution in [0.15, 0.2) is 0 Å². The fourth-order valence-corrected chi connectivity index (χ4v) is 7.36. The molecule has 7 nitrogen and oxygen atoms in total. The van der Waals surface area contributed by atoms with Gasteiger partial charge in [-0.2, -0.15) is 0 Å². The van der Waals surface area contributed by atoms with Gasteiger partial charge in [-0.1, -0.05) is 194 Å². The van der Waals surface area contributed by atoms with Crippen LogP contribution in [0.4, 0.5) is 4.39 Å². The minimum atomic E-state index is -1.10. The first-order valence-corrected chi connectivity index (χ1v) is 22.7. The Morgan fingerprint density at radius 3 is 1.36 bits per heavy atom. The van der Waals surface area contributed by atoms with Crippen molar-refractivity contribution in [2.24, 2.45) is 0 Å². The molecule has 0 radical (unpaired) electrons. The first-order valence-electron chi connectivity index (χ1n) is 23.4. The van der Waals surface area contributed by atoms with Crippen LogP contribution >= 0.6 is 0 Å². The molecule has 2 N–H and O–H groups in total. The fourth-order valence-electron chi connectivity index (χ4n) is 7.36. The molecule has 0 aliphatic carbocycles. The number of aldehydes is 1. The minimum absolute atomic E-state index is 0.327. The highest BCUT2D eigenvalue weighted by Gasteiger charge is 2.48. The molecule has 318 valence electrons. The summed E-state index contributed by atoms with van der Waals surface area (Å²) in [6.07, 6.45) is 39.4. The van der Waals surface area contributed by atoms with Gasteiger partial charge in [0.05, 0.1) is 15.1 Å². The normalized spacial score (nSPS) is 22.6. The lowest BCUT2D eigenvalue weighted by atomic mass is 9.98. The molecule has 0 bridgehead atoms. The molecule has 6 unspecified atom stereocenters. The van der Waals surface area contributed by atoms with Crippen LogP contribution in [0.1, 0.15) is 228 Å². The lowest BCUT2D eigenvalue weighted by Gasteiger charge is -2.46. The Morgan fingerprint density at radius 1 is 0.604 bits per heavy atom. The van der Waals surface area contributed by atoms with E-state index in [4.69, 9.17) is 20.3 Å². The fraction of sp³-hybridized carbons (Fsp3) is 0.978. The molecule has 0 aromatic heterocycles. The van der Waals surface area contributed by atoms with Crippen LogP contribution in [0.2, 0.25) is 0 Å². The number of carbonyl (C=O) groups excluding carboxylic acids is 1. The standard InChI is InChI=1S/C26H50O6.C18H36O.CH3F/c1-3-5-6-7-8-9-10-11-12-13-14-15-16-17-18-19-22-30-20-21-25(32-22)23(27)24(28)26(31-21)29-4-2;1-2-3-4-5-6-7-8-9-10-11-12-13-14-15-16-17-18-19;1-2/h21-28H,3-20H2,1-2H3;18H,2-17H2,1H3;1H3/i;;1D. The molecule has 2 rings (SSSR count). The van der Waals surface area contributed by atoms with Gasteiger partial charge in [-0.3, -0.25) is 4.39 Å². The summed E-state index contributed by atoms with van der Waals surface area (Å²) >= 11 is 0. The van der Waals surface area contributed by atoms with Crippen molar-refractivity contribution in [3.05, 3.63) is 0 Å². The van der Waals surface area contributed by atoms with Gasteiger partial charge in [0.15, 0.2) is 12.6 Å². The molecule has 6 atom stereocenters. The van der Waals surface area contributed by atoms with Gasteiger partial charge < -0.3 is 34.0 Å². The Balaban J connectivity index is 0.00000109. The van der Waals surface area contributed by atoms with Crippen LogP contribution in [-0.2, 0) is 23.7 Å². The zero-order valence-corrected chi connectivity index (χ0v) is 35.1. The topological polar surface area (TPSA) is 94.5 Å². The highest BCUT2D eigenvalue weighted by Crippen LogP contribution is 2.30. The van der Waals surface area contributed by atoms with E-state index in [-0.39, 0.29) is 6.29 Å². The highest BCUT2D eigenvalue weighted by atomic mass is 19.1. The summed E-state index contributed by atoms with van der Waals surface area (Å²) in [5, 5.41) is 20.6. The van der Waals surface area contributed by atoms with Gasteiger partial charge >= 0.3 is 0 Å². The summed E-state index contributed by atoms with van der Waals surface area (Å²) in [7, 11) is -1.00. The van der Waals surface area contributed by atoms with Crippen LogP contribution in [0.5, 0.6) is 0 Å². The summed E-state index contributed by atoms with van der Waals surface area (Å²) in [4.78, 5) is 10.1. The van der Waals surface area contributed by atoms with Crippen molar-refractivity contribution in [1.29, 1.82) is 0 Å². The van der Waals surface area contributed by atoms with Crippen molar-refractivity contribution in [3.8, 4) is 0 Å². The van der Waals surface area contributed by atoms with Crippen molar-refractivity contribution < 1.29 is 39.7 Å². The molecule has 0 aromatic carbocycles. The van der Waals surface area contributed by atoms with Crippen LogP contribution in [0, 0.1) is 0 Å². The Morgan fingerprint density at radius 2 is 0.981 bits per heavy atom. The van der Waals surface area contributed by atoms with Crippen molar-refractivity contribution in [2.45, 2.75) is 263 Å². The Bertz CT molecular complexity index is 749. The first kappa shape index (κ1) is 50.4. The van der Waals surface area contributed by atoms with Crippen molar-refractivity contribution in [3.63, 3.8) is 0 Å². The number of hydrogen-bond acceptors (Lipinski definition) is 7. The second-order valence-electron chi connectivity index (χ2n) is 15.5. The Hall–Kier alpha value is -0.640. The highest BCUT2D eigenvalue weighted by molar-refractivity contribution is 5.48. The maximum atomic E-state index is 10.4. The second kappa shape index (κ2) is 41.0. The lowest BCUT2D eigenvalue weighted by molar-refractivity contribution is -0.359. The number of halogens is 1. The molecule has 2 aliphatic rings. The van der Waals surface area contributed by atoms with Crippen LogP contribution in [0.25, 0.3) is 0 Å². The van der Waals surface area contributed by atoms with E-state index in [0.717, 1.165) is 32.0 Å². The van der Waals surface area contributed by atoms with E-state index in [1.165, 1.54) is 180 Å². The molecule has 2 fully saturated rings. The molecule has 2 aliphatic heterocycles. The zero-order valence-electron chi connectivity index (χ0n) is 36.1. The third-order valence-corrected chi connectivity index (χ3v) is 10.7. The average Bonchev–Trinajstić information content (AvgIpc) is 3.17. The number of rotatable bonds is 34. The lowest BCUT2D eigenvalue weighted by Crippen LogP contribution is -2.63. The third kappa shape index (κ3) is 30.2. The summed E-state index contributed by atoms with van der Waals surface area (Å²) < 4.78 is 38.3. The summed E-state index contributed by atoms with van der Waals surface area (Å²) in [6.45, 7) is 7.16. The second-order valence-corrected chi connectivity index (χ2v) is 15.5. The summed E-state index contributed by atoms with van der Waals surface area (Å²) in [6, 6.07) is 0. The van der Waals surface area contributed by atoms with Crippen molar-refractivity contribution in [2.75, 3.05) is 20.4 Å². The monoisotopic (exact) mass is 762 g/mol. The maximum absolute atomic E-state index is 10.4. The van der Waals surface area contributed by atoms with E-state index in [9.17, 15) is 19.4 Å². The first-order chi connectivity index (χ1) is 26.5. The Kier molecular flexibility index (Phi) is 39.0. The predicted molar refractivity (Wildman–Crippen MR) is 219 cm³/mol. The predicted octanol–water partition coefficient (Wildman–Crippen LogP) is 12.5. The third-order valence-electron chi connectivity index (χ3n) is 10.7. The molecule has 0 saturated carbocycles. The molecule has 0 spiro atoms. The molecule has 2 heterocycles. The van der Waals surface area contributed by atoms with E-state index >= 15 is 0 Å². The minimum Gasteiger partial charge on any atom is -0.387 e. The van der Waals surface area contributed by atoms with Crippen molar-refractivity contribution in [1.82, 2.24) is 0 Å². The average molecular weight is 762 g/mol. The van der Waals surface area contributed by atoms with Crippen LogP contribution < -0.4 is 0 Å². The number of ether oxygens (including phenoxy) is 4.